The number of carbonyl (C=O) groups excluding carboxylic acids is 4. The van der Waals surface area contributed by atoms with E-state index in [9.17, 15) is 29.5 Å². The number of anilines is 2. The highest BCUT2D eigenvalue weighted by molar-refractivity contribution is 7.81. The van der Waals surface area contributed by atoms with E-state index in [4.69, 9.17) is 26.1 Å². The van der Waals surface area contributed by atoms with E-state index >= 15 is 0 Å². The van der Waals surface area contributed by atoms with Crippen LogP contribution in [0.1, 0.15) is 123 Å². The second kappa shape index (κ2) is 20.0. The molecular weight excluding hydrogens is 931 g/mol. The third kappa shape index (κ3) is 10.7. The van der Waals surface area contributed by atoms with Gasteiger partial charge in [-0.15, -0.1) is 0 Å². The minimum atomic E-state index is -0.951. The van der Waals surface area contributed by atoms with Crippen LogP contribution in [-0.2, 0) is 29.3 Å². The second-order valence-electron chi connectivity index (χ2n) is 23.2. The summed E-state index contributed by atoms with van der Waals surface area (Å²) in [6, 6.07) is 20.8. The number of aromatic nitrogens is 1. The molecule has 4 amide bonds. The van der Waals surface area contributed by atoms with Crippen molar-refractivity contribution in [3.05, 3.63) is 95.5 Å². The lowest BCUT2D eigenvalue weighted by Crippen LogP contribution is -2.58. The summed E-state index contributed by atoms with van der Waals surface area (Å²) in [7, 11) is 0. The van der Waals surface area contributed by atoms with Gasteiger partial charge in [-0.2, -0.15) is 5.26 Å². The molecule has 4 atom stereocenters. The highest BCUT2D eigenvalue weighted by Gasteiger charge is 2.53. The molecule has 2 saturated heterocycles. The van der Waals surface area contributed by atoms with Crippen LogP contribution < -0.4 is 25.2 Å². The molecule has 4 aromatic rings. The molecule has 8 rings (SSSR count). The first-order valence-corrected chi connectivity index (χ1v) is 25.4. The van der Waals surface area contributed by atoms with Gasteiger partial charge in [0.2, 0.25) is 17.7 Å². The smallest absolute Gasteiger partial charge is 0.259 e. The average Bonchev–Trinajstić information content (AvgIpc) is 3.96. The number of aryl methyl sites for hydroxylation is 1. The van der Waals surface area contributed by atoms with Crippen molar-refractivity contribution < 1.29 is 38.2 Å². The van der Waals surface area contributed by atoms with Gasteiger partial charge in [-0.25, -0.2) is 4.98 Å². The number of amides is 4. The molecule has 3 N–H and O–H groups in total. The molecule has 0 unspecified atom stereocenters. The molecule has 382 valence electrons. The minimum absolute atomic E-state index is 0.0162. The zero-order valence-corrected chi connectivity index (χ0v) is 44.0. The maximum absolute atomic E-state index is 14.2. The highest BCUT2D eigenvalue weighted by Crippen LogP contribution is 2.61. The molecule has 4 aliphatic rings. The summed E-state index contributed by atoms with van der Waals surface area (Å²) in [6.45, 7) is 20.0. The zero-order valence-electron chi connectivity index (χ0n) is 43.2. The van der Waals surface area contributed by atoms with Crippen molar-refractivity contribution in [1.82, 2.24) is 20.5 Å². The molecule has 1 aromatic heterocycles. The standard InChI is InChI=1S/C56H69N7O8S/c1-33(37-11-13-38(14-12-37)47-34(2)58-32-71-47)59-49(66)45-22-42(64)28-61(45)50(67)48(54(6,7)8)60-46(65)31-69-29-35-23-56(24-35)25-36(26-56)30-70-43-19-17-40(18-20-43)63-52(72)62(51(68)55(63,9)10)41-16-15-39(27-57)44(21-41)53(3,4)5/h11-21,32-33,35-36,42,45,48,64H,22-26,28-31H2,1-10H3,(H,59,66)(H,60,65)/t33-,35?,36?,42+,45-,48+,56?/m0/s1. The van der Waals surface area contributed by atoms with E-state index in [1.54, 1.807) is 17.0 Å². The van der Waals surface area contributed by atoms with Gasteiger partial charge >= 0.3 is 0 Å². The molecule has 16 heteroatoms. The molecule has 0 bridgehead atoms. The summed E-state index contributed by atoms with van der Waals surface area (Å²) < 4.78 is 17.7. The van der Waals surface area contributed by atoms with Crippen molar-refractivity contribution in [3.8, 4) is 23.1 Å². The summed E-state index contributed by atoms with van der Waals surface area (Å²) in [4.78, 5) is 64.0. The fourth-order valence-corrected chi connectivity index (χ4v) is 11.7. The number of aliphatic hydroxyl groups excluding tert-OH is 1. The maximum atomic E-state index is 14.2. The van der Waals surface area contributed by atoms with Crippen LogP contribution in [-0.4, -0.2) is 93.8 Å². The lowest BCUT2D eigenvalue weighted by atomic mass is 9.48. The van der Waals surface area contributed by atoms with E-state index in [0.717, 1.165) is 59.5 Å². The quantitative estimate of drug-likeness (QED) is 0.0968. The Bertz CT molecular complexity index is 2740. The number of aliphatic hydroxyl groups is 1. The molecule has 3 heterocycles. The van der Waals surface area contributed by atoms with Crippen LogP contribution in [0.5, 0.6) is 5.75 Å². The average molecular weight is 1000 g/mol. The second-order valence-corrected chi connectivity index (χ2v) is 23.5. The van der Waals surface area contributed by atoms with Crippen LogP contribution >= 0.6 is 12.2 Å². The summed E-state index contributed by atoms with van der Waals surface area (Å²) in [5.74, 6) is 0.843. The van der Waals surface area contributed by atoms with Crippen LogP contribution in [0.2, 0.25) is 0 Å². The largest absolute Gasteiger partial charge is 0.493 e. The molecule has 2 aliphatic carbocycles. The minimum Gasteiger partial charge on any atom is -0.493 e. The number of oxazole rings is 1. The highest BCUT2D eigenvalue weighted by atomic mass is 32.1. The predicted octanol–water partition coefficient (Wildman–Crippen LogP) is 8.31. The third-order valence-electron chi connectivity index (χ3n) is 15.0. The molecule has 1 spiro atoms. The Balaban J connectivity index is 0.764. The van der Waals surface area contributed by atoms with Crippen molar-refractivity contribution in [1.29, 1.82) is 5.26 Å². The molecule has 4 fully saturated rings. The molecule has 72 heavy (non-hydrogen) atoms. The Morgan fingerprint density at radius 3 is 2.18 bits per heavy atom. The fourth-order valence-electron chi connectivity index (χ4n) is 11.2. The van der Waals surface area contributed by atoms with Crippen LogP contribution in [0.15, 0.2) is 77.5 Å². The van der Waals surface area contributed by atoms with E-state index in [2.05, 4.69) is 21.7 Å². The number of nitrogens with one attached hydrogen (secondary N) is 2. The first kappa shape index (κ1) is 52.2. The lowest BCUT2D eigenvalue weighted by Gasteiger charge is -2.57. The Labute approximate surface area is 428 Å². The molecule has 3 aromatic carbocycles. The van der Waals surface area contributed by atoms with E-state index in [1.165, 1.54) is 11.3 Å². The van der Waals surface area contributed by atoms with Crippen LogP contribution in [0, 0.1) is 40.9 Å². The Hall–Kier alpha value is -6.15. The predicted molar refractivity (Wildman–Crippen MR) is 278 cm³/mol. The Morgan fingerprint density at radius 2 is 1.58 bits per heavy atom. The number of nitrogens with zero attached hydrogens (tertiary/aromatic N) is 5. The van der Waals surface area contributed by atoms with E-state index in [0.29, 0.717) is 47.2 Å². The molecule has 2 aliphatic heterocycles. The van der Waals surface area contributed by atoms with Gasteiger partial charge in [0.05, 0.1) is 48.4 Å². The molecule has 2 saturated carbocycles. The SMILES string of the molecule is Cc1ncoc1-c1ccc([C@H](C)NC(=O)[C@@H]2C[C@@H](O)CN2C(=O)[C@@H](NC(=O)COCC2CC3(C2)CC(COc2ccc(N4C(=S)N(c5ccc(C#N)c(C(C)(C)C)c5)C(=O)C4(C)C)cc2)C3)C(C)(C)C)cc1. The molecule has 0 radical (unpaired) electrons. The van der Waals surface area contributed by atoms with Gasteiger partial charge < -0.3 is 39.4 Å². The van der Waals surface area contributed by atoms with Gasteiger partial charge in [0.15, 0.2) is 17.3 Å². The number of rotatable bonds is 15. The number of likely N-dealkylation sites (tertiary alicyclic amines) is 1. The van der Waals surface area contributed by atoms with Crippen molar-refractivity contribution in [2.75, 3.05) is 36.2 Å². The summed E-state index contributed by atoms with van der Waals surface area (Å²) in [5.41, 5.74) is 3.70. The summed E-state index contributed by atoms with van der Waals surface area (Å²) >= 11 is 5.95. The summed E-state index contributed by atoms with van der Waals surface area (Å²) in [5, 5.41) is 26.7. The zero-order chi connectivity index (χ0) is 52.1. The summed E-state index contributed by atoms with van der Waals surface area (Å²) in [6.07, 6.45) is 4.80. The first-order valence-electron chi connectivity index (χ1n) is 25.0. The van der Waals surface area contributed by atoms with Gasteiger partial charge in [-0.05, 0) is 147 Å². The van der Waals surface area contributed by atoms with Crippen molar-refractivity contribution in [3.63, 3.8) is 0 Å². The Kier molecular flexibility index (Phi) is 14.5. The van der Waals surface area contributed by atoms with Crippen LogP contribution in [0.4, 0.5) is 11.4 Å². The number of hydrogen-bond acceptors (Lipinski definition) is 11. The number of ether oxygens (including phenoxy) is 2. The van der Waals surface area contributed by atoms with Gasteiger partial charge in [0, 0.05) is 24.2 Å². The van der Waals surface area contributed by atoms with Gasteiger partial charge in [-0.3, -0.25) is 24.1 Å². The lowest BCUT2D eigenvalue weighted by molar-refractivity contribution is -0.145. The first-order chi connectivity index (χ1) is 33.9. The number of hydrogen-bond donors (Lipinski definition) is 3. The van der Waals surface area contributed by atoms with Gasteiger partial charge in [0.1, 0.15) is 30.0 Å². The van der Waals surface area contributed by atoms with Crippen molar-refractivity contribution in [2.45, 2.75) is 137 Å². The molecule has 15 nitrogen and oxygen atoms in total. The maximum Gasteiger partial charge on any atom is 0.259 e. The third-order valence-corrected chi connectivity index (χ3v) is 15.3. The van der Waals surface area contributed by atoms with E-state index in [1.807, 2.05) is 129 Å². The monoisotopic (exact) mass is 999 g/mol. The number of nitriles is 1. The topological polar surface area (TPSA) is 191 Å². The van der Waals surface area contributed by atoms with Crippen molar-refractivity contribution >= 4 is 52.3 Å². The van der Waals surface area contributed by atoms with Gasteiger partial charge in [-0.1, -0.05) is 65.8 Å². The number of benzene rings is 3. The number of thiocarbonyl (C=S) groups is 1. The van der Waals surface area contributed by atoms with Crippen LogP contribution in [0.3, 0.4) is 0 Å². The van der Waals surface area contributed by atoms with E-state index in [-0.39, 0.29) is 48.3 Å². The van der Waals surface area contributed by atoms with Crippen molar-refractivity contribution in [2.24, 2.45) is 22.7 Å². The molecular formula is C56H69N7O8S. The number of carbonyl (C=O) groups is 4. The van der Waals surface area contributed by atoms with Gasteiger partial charge in [0.25, 0.3) is 5.91 Å². The van der Waals surface area contributed by atoms with Crippen LogP contribution in [0.25, 0.3) is 11.3 Å². The number of β-amino-alcohol motifs (C(OH)–C–C–N with tert-alkyl or cyclic N) is 1. The fraction of sp³-hybridized carbons (Fsp3) is 0.518. The Morgan fingerprint density at radius 1 is 0.944 bits per heavy atom. The normalized spacial score (nSPS) is 23.6. The van der Waals surface area contributed by atoms with E-state index < -0.39 is 41.0 Å².